The lowest BCUT2D eigenvalue weighted by Crippen LogP contribution is -2.29. The van der Waals surface area contributed by atoms with Gasteiger partial charge in [-0.25, -0.2) is 18.2 Å². The summed E-state index contributed by atoms with van der Waals surface area (Å²) in [7, 11) is -3.55. The van der Waals surface area contributed by atoms with Crippen molar-refractivity contribution in [3.8, 4) is 5.69 Å². The fraction of sp³-hybridized carbons (Fsp3) is 0.172. The second kappa shape index (κ2) is 11.0. The van der Waals surface area contributed by atoms with E-state index in [1.54, 1.807) is 47.0 Å². The lowest BCUT2D eigenvalue weighted by Gasteiger charge is -2.22. The van der Waals surface area contributed by atoms with Crippen LogP contribution in [0.15, 0.2) is 84.0 Å². The maximum absolute atomic E-state index is 14.3. The van der Waals surface area contributed by atoms with E-state index in [0.717, 1.165) is 34.3 Å². The molecule has 0 aliphatic rings. The smallest absolute Gasteiger partial charge is 0.271 e. The molecule has 4 rings (SSSR count). The van der Waals surface area contributed by atoms with E-state index in [-0.39, 0.29) is 12.4 Å². The van der Waals surface area contributed by atoms with Crippen molar-refractivity contribution in [3.63, 3.8) is 0 Å². The number of nitrogens with one attached hydrogen (secondary N) is 1. The molecule has 0 bridgehead atoms. The molecule has 0 aliphatic carbocycles. The van der Waals surface area contributed by atoms with Crippen LogP contribution in [-0.4, -0.2) is 31.4 Å². The van der Waals surface area contributed by atoms with E-state index in [1.807, 2.05) is 51.1 Å². The van der Waals surface area contributed by atoms with E-state index in [9.17, 15) is 17.6 Å². The number of aryl methyl sites for hydroxylation is 2. The molecule has 196 valence electrons. The Balaban J connectivity index is 1.47. The molecule has 9 heteroatoms. The van der Waals surface area contributed by atoms with Gasteiger partial charge in [0.1, 0.15) is 5.82 Å². The summed E-state index contributed by atoms with van der Waals surface area (Å²) in [6.07, 6.45) is 2.67. The number of hydrazone groups is 1. The maximum Gasteiger partial charge on any atom is 0.271 e. The van der Waals surface area contributed by atoms with Crippen molar-refractivity contribution in [1.82, 2.24) is 9.99 Å². The van der Waals surface area contributed by atoms with Crippen LogP contribution >= 0.6 is 0 Å². The second-order valence-corrected chi connectivity index (χ2v) is 11.0. The molecular weight excluding hydrogens is 503 g/mol. The number of hydrogen-bond acceptors (Lipinski definition) is 4. The number of amides is 1. The molecule has 1 aromatic heterocycles. The van der Waals surface area contributed by atoms with Gasteiger partial charge in [0.2, 0.25) is 10.0 Å². The molecule has 0 spiro atoms. The summed E-state index contributed by atoms with van der Waals surface area (Å²) in [6.45, 7) is 5.87. The third-order valence-corrected chi connectivity index (χ3v) is 7.34. The highest BCUT2D eigenvalue weighted by molar-refractivity contribution is 7.92. The first-order valence-corrected chi connectivity index (χ1v) is 13.8. The number of carbonyl (C=O) groups excluding carboxylic acids is 1. The fourth-order valence-electron chi connectivity index (χ4n) is 4.19. The summed E-state index contributed by atoms with van der Waals surface area (Å²) in [4.78, 5) is 12.6. The van der Waals surface area contributed by atoms with Crippen molar-refractivity contribution >= 4 is 27.8 Å². The van der Waals surface area contributed by atoms with Crippen LogP contribution in [0.25, 0.3) is 5.69 Å². The van der Waals surface area contributed by atoms with E-state index in [2.05, 4.69) is 10.5 Å². The van der Waals surface area contributed by atoms with Crippen LogP contribution in [-0.2, 0) is 16.6 Å². The molecule has 0 aliphatic heterocycles. The van der Waals surface area contributed by atoms with Gasteiger partial charge in [-0.15, -0.1) is 0 Å². The first kappa shape index (κ1) is 26.8. The van der Waals surface area contributed by atoms with Crippen molar-refractivity contribution in [2.24, 2.45) is 5.10 Å². The number of nitrogens with zero attached hydrogens (tertiary/aromatic N) is 3. The first-order chi connectivity index (χ1) is 18.0. The summed E-state index contributed by atoms with van der Waals surface area (Å²) in [5, 5.41) is 4.07. The predicted octanol–water partition coefficient (Wildman–Crippen LogP) is 5.27. The highest BCUT2D eigenvalue weighted by Gasteiger charge is 2.18. The van der Waals surface area contributed by atoms with Gasteiger partial charge in [0.25, 0.3) is 5.91 Å². The number of anilines is 1. The number of para-hydroxylation sites is 1. The van der Waals surface area contributed by atoms with Gasteiger partial charge in [-0.2, -0.15) is 5.10 Å². The molecule has 1 heterocycles. The van der Waals surface area contributed by atoms with E-state index < -0.39 is 15.9 Å². The van der Waals surface area contributed by atoms with Gasteiger partial charge in [0.05, 0.1) is 30.4 Å². The van der Waals surface area contributed by atoms with E-state index in [4.69, 9.17) is 0 Å². The quantitative estimate of drug-likeness (QED) is 0.248. The minimum absolute atomic E-state index is 0.181. The monoisotopic (exact) mass is 532 g/mol. The topological polar surface area (TPSA) is 83.8 Å². The van der Waals surface area contributed by atoms with E-state index >= 15 is 0 Å². The van der Waals surface area contributed by atoms with Crippen LogP contribution in [0.4, 0.5) is 10.1 Å². The van der Waals surface area contributed by atoms with Crippen molar-refractivity contribution in [1.29, 1.82) is 0 Å². The lowest BCUT2D eigenvalue weighted by atomic mass is 10.1. The van der Waals surface area contributed by atoms with Crippen molar-refractivity contribution in [2.45, 2.75) is 27.3 Å². The molecule has 7 nitrogen and oxygen atoms in total. The van der Waals surface area contributed by atoms with Crippen molar-refractivity contribution < 1.29 is 17.6 Å². The zero-order chi connectivity index (χ0) is 27.4. The average Bonchev–Trinajstić information content (AvgIpc) is 3.16. The van der Waals surface area contributed by atoms with Crippen LogP contribution < -0.4 is 9.73 Å². The Morgan fingerprint density at radius 3 is 2.29 bits per heavy atom. The van der Waals surface area contributed by atoms with Gasteiger partial charge in [-0.05, 0) is 68.8 Å². The Labute approximate surface area is 222 Å². The van der Waals surface area contributed by atoms with E-state index in [0.29, 0.717) is 16.9 Å². The Hall–Kier alpha value is -4.24. The average molecular weight is 533 g/mol. The van der Waals surface area contributed by atoms with Gasteiger partial charge in [0.15, 0.2) is 0 Å². The zero-order valence-corrected chi connectivity index (χ0v) is 22.5. The third kappa shape index (κ3) is 6.00. The highest BCUT2D eigenvalue weighted by Crippen LogP contribution is 2.23. The van der Waals surface area contributed by atoms with Crippen molar-refractivity contribution in [2.75, 3.05) is 10.6 Å². The standard InChI is InChI=1S/C29H29FN4O3S/c1-20-9-11-23(12-10-20)19-33(38(4,36)37)26-15-13-24(14-16-26)29(35)32-31-18-25-17-21(2)34(22(25)3)28-8-6-5-7-27(28)30/h5-18H,19H2,1-4H3,(H,32,35)/b31-18-. The first-order valence-electron chi connectivity index (χ1n) is 11.9. The Morgan fingerprint density at radius 2 is 1.66 bits per heavy atom. The number of halogens is 1. The molecule has 3 aromatic carbocycles. The molecule has 0 atom stereocenters. The van der Waals surface area contributed by atoms with Crippen LogP contribution in [0.3, 0.4) is 0 Å². The number of benzene rings is 3. The van der Waals surface area contributed by atoms with Gasteiger partial charge in [-0.3, -0.25) is 9.10 Å². The number of carbonyl (C=O) groups is 1. The Bertz CT molecular complexity index is 1590. The number of aromatic nitrogens is 1. The number of rotatable bonds is 8. The normalized spacial score (nSPS) is 11.6. The molecule has 0 saturated carbocycles. The van der Waals surface area contributed by atoms with E-state index in [1.165, 1.54) is 16.6 Å². The Morgan fingerprint density at radius 1 is 1.00 bits per heavy atom. The summed E-state index contributed by atoms with van der Waals surface area (Å²) in [5.74, 6) is -0.775. The number of sulfonamides is 1. The molecule has 0 fully saturated rings. The fourth-order valence-corrected chi connectivity index (χ4v) is 5.07. The van der Waals surface area contributed by atoms with Crippen molar-refractivity contribution in [3.05, 3.63) is 118 Å². The molecule has 38 heavy (non-hydrogen) atoms. The molecule has 0 saturated heterocycles. The minimum atomic E-state index is -3.55. The second-order valence-electron chi connectivity index (χ2n) is 9.11. The van der Waals surface area contributed by atoms with Crippen LogP contribution in [0, 0.1) is 26.6 Å². The molecule has 0 unspecified atom stereocenters. The summed E-state index contributed by atoms with van der Waals surface area (Å²) >= 11 is 0. The molecule has 1 N–H and O–H groups in total. The molecule has 0 radical (unpaired) electrons. The van der Waals surface area contributed by atoms with Crippen LogP contribution in [0.2, 0.25) is 0 Å². The highest BCUT2D eigenvalue weighted by atomic mass is 32.2. The van der Waals surface area contributed by atoms with Gasteiger partial charge in [-0.1, -0.05) is 42.0 Å². The minimum Gasteiger partial charge on any atom is -0.315 e. The lowest BCUT2D eigenvalue weighted by molar-refractivity contribution is 0.0955. The summed E-state index contributed by atoms with van der Waals surface area (Å²) in [6, 6.07) is 22.3. The van der Waals surface area contributed by atoms with Crippen LogP contribution in [0.5, 0.6) is 0 Å². The maximum atomic E-state index is 14.3. The largest absolute Gasteiger partial charge is 0.315 e. The number of hydrogen-bond donors (Lipinski definition) is 1. The van der Waals surface area contributed by atoms with Gasteiger partial charge >= 0.3 is 0 Å². The van der Waals surface area contributed by atoms with Gasteiger partial charge < -0.3 is 4.57 Å². The van der Waals surface area contributed by atoms with Crippen LogP contribution in [0.1, 0.15) is 38.4 Å². The Kier molecular flexibility index (Phi) is 7.78. The molecule has 4 aromatic rings. The third-order valence-electron chi connectivity index (χ3n) is 6.20. The zero-order valence-electron chi connectivity index (χ0n) is 21.6. The molecular formula is C29H29FN4O3S. The van der Waals surface area contributed by atoms with Gasteiger partial charge in [0, 0.05) is 22.5 Å². The SMILES string of the molecule is Cc1ccc(CN(c2ccc(C(=O)N/N=C\c3cc(C)n(-c4ccccc4F)c3C)cc2)S(C)(=O)=O)cc1. The predicted molar refractivity (Wildman–Crippen MR) is 149 cm³/mol. The summed E-state index contributed by atoms with van der Waals surface area (Å²) < 4.78 is 42.3. The summed E-state index contributed by atoms with van der Waals surface area (Å²) in [5.41, 5.74) is 8.00. The molecule has 1 amide bonds.